The molecule has 0 fully saturated rings. The summed E-state index contributed by atoms with van der Waals surface area (Å²) in [4.78, 5) is 52.1. The standard InChI is InChI=1S/C17H22N2O5/c1-16(2)7-11-9(12(20)8-16)6-10(13(21)18-11)14(22)19(5)17(3,4)15(23)24/h6H,7-8H2,1-5H3,(H,18,21)(H,23,24). The number of amides is 1. The molecular weight excluding hydrogens is 312 g/mol. The Kier molecular flexibility index (Phi) is 4.16. The number of hydrogen-bond acceptors (Lipinski definition) is 4. The highest BCUT2D eigenvalue weighted by Crippen LogP contribution is 2.33. The first-order chi connectivity index (χ1) is 10.9. The van der Waals surface area contributed by atoms with E-state index in [0.29, 0.717) is 24.1 Å². The van der Waals surface area contributed by atoms with Crippen molar-refractivity contribution in [1.82, 2.24) is 9.88 Å². The molecule has 0 bridgehead atoms. The maximum atomic E-state index is 12.6. The van der Waals surface area contributed by atoms with Crippen LogP contribution in [-0.4, -0.2) is 45.2 Å². The third-order valence-corrected chi connectivity index (χ3v) is 4.61. The lowest BCUT2D eigenvalue weighted by atomic mass is 9.75. The topological polar surface area (TPSA) is 108 Å². The molecule has 0 atom stereocenters. The Morgan fingerprint density at radius 1 is 1.25 bits per heavy atom. The van der Waals surface area contributed by atoms with Gasteiger partial charge >= 0.3 is 5.97 Å². The number of ketones is 1. The molecule has 2 N–H and O–H groups in total. The van der Waals surface area contributed by atoms with Gasteiger partial charge in [0.15, 0.2) is 5.78 Å². The van der Waals surface area contributed by atoms with E-state index in [1.807, 2.05) is 13.8 Å². The van der Waals surface area contributed by atoms with Gasteiger partial charge in [-0.1, -0.05) is 13.8 Å². The van der Waals surface area contributed by atoms with Gasteiger partial charge in [0.2, 0.25) is 0 Å². The van der Waals surface area contributed by atoms with Crippen molar-refractivity contribution in [3.05, 3.63) is 33.2 Å². The lowest BCUT2D eigenvalue weighted by Crippen LogP contribution is -2.51. The SMILES string of the molecule is CN(C(=O)c1cc2c([nH]c1=O)CC(C)(C)CC2=O)C(C)(C)C(=O)O. The number of nitrogens with zero attached hydrogens (tertiary/aromatic N) is 1. The van der Waals surface area contributed by atoms with E-state index in [0.717, 1.165) is 4.90 Å². The van der Waals surface area contributed by atoms with Crippen molar-refractivity contribution in [2.45, 2.75) is 46.1 Å². The van der Waals surface area contributed by atoms with Crippen molar-refractivity contribution in [3.8, 4) is 0 Å². The molecule has 0 saturated heterocycles. The van der Waals surface area contributed by atoms with Crippen molar-refractivity contribution in [2.24, 2.45) is 5.41 Å². The van der Waals surface area contributed by atoms with E-state index in [-0.39, 0.29) is 16.8 Å². The average molecular weight is 334 g/mol. The summed E-state index contributed by atoms with van der Waals surface area (Å²) in [5.74, 6) is -2.05. The van der Waals surface area contributed by atoms with Gasteiger partial charge in [-0.3, -0.25) is 14.4 Å². The van der Waals surface area contributed by atoms with E-state index in [1.54, 1.807) is 0 Å². The summed E-state index contributed by atoms with van der Waals surface area (Å²) < 4.78 is 0. The van der Waals surface area contributed by atoms with Crippen LogP contribution in [0.1, 0.15) is 60.5 Å². The monoisotopic (exact) mass is 334 g/mol. The molecule has 0 aliphatic heterocycles. The number of H-pyrrole nitrogens is 1. The zero-order valence-corrected chi connectivity index (χ0v) is 14.5. The highest BCUT2D eigenvalue weighted by Gasteiger charge is 2.38. The first-order valence-corrected chi connectivity index (χ1v) is 7.68. The van der Waals surface area contributed by atoms with E-state index in [4.69, 9.17) is 0 Å². The Morgan fingerprint density at radius 2 is 1.83 bits per heavy atom. The van der Waals surface area contributed by atoms with Crippen LogP contribution >= 0.6 is 0 Å². The van der Waals surface area contributed by atoms with Gasteiger partial charge in [-0.2, -0.15) is 0 Å². The van der Waals surface area contributed by atoms with Gasteiger partial charge in [0, 0.05) is 24.7 Å². The van der Waals surface area contributed by atoms with Crippen LogP contribution in [0.3, 0.4) is 0 Å². The predicted octanol–water partition coefficient (Wildman–Crippen LogP) is 1.47. The third kappa shape index (κ3) is 2.98. The number of pyridine rings is 1. The second-order valence-corrected chi connectivity index (χ2v) is 7.57. The molecule has 0 saturated carbocycles. The molecule has 0 radical (unpaired) electrons. The van der Waals surface area contributed by atoms with Gasteiger partial charge in [-0.15, -0.1) is 0 Å². The Balaban J connectivity index is 2.49. The number of carboxylic acids is 1. The Bertz CT molecular complexity index is 789. The minimum atomic E-state index is -1.48. The van der Waals surface area contributed by atoms with E-state index in [2.05, 4.69) is 4.98 Å². The molecule has 0 aromatic carbocycles. The molecule has 1 aromatic rings. The number of aromatic amines is 1. The van der Waals surface area contributed by atoms with E-state index in [9.17, 15) is 24.3 Å². The van der Waals surface area contributed by atoms with Gasteiger partial charge in [0.05, 0.1) is 0 Å². The van der Waals surface area contributed by atoms with Crippen LogP contribution in [0.25, 0.3) is 0 Å². The lowest BCUT2D eigenvalue weighted by Gasteiger charge is -2.32. The summed E-state index contributed by atoms with van der Waals surface area (Å²) in [5, 5.41) is 9.23. The number of nitrogens with one attached hydrogen (secondary N) is 1. The van der Waals surface area contributed by atoms with Gasteiger partial charge in [0.25, 0.3) is 11.5 Å². The molecular formula is C17H22N2O5. The van der Waals surface area contributed by atoms with Gasteiger partial charge < -0.3 is 15.0 Å². The maximum absolute atomic E-state index is 12.6. The number of carboxylic acid groups (broad SMARTS) is 1. The average Bonchev–Trinajstić information content (AvgIpc) is 2.43. The molecule has 1 amide bonds. The van der Waals surface area contributed by atoms with E-state index in [1.165, 1.54) is 27.0 Å². The maximum Gasteiger partial charge on any atom is 0.329 e. The van der Waals surface area contributed by atoms with E-state index < -0.39 is 23.0 Å². The number of fused-ring (bicyclic) bond motifs is 1. The fourth-order valence-electron chi connectivity index (χ4n) is 2.76. The molecule has 24 heavy (non-hydrogen) atoms. The van der Waals surface area contributed by atoms with Crippen LogP contribution in [0.15, 0.2) is 10.9 Å². The number of carbonyl (C=O) groups excluding carboxylic acids is 2. The summed E-state index contributed by atoms with van der Waals surface area (Å²) in [7, 11) is 1.32. The second kappa shape index (κ2) is 5.58. The lowest BCUT2D eigenvalue weighted by molar-refractivity contribution is -0.147. The van der Waals surface area contributed by atoms with Crippen molar-refractivity contribution < 1.29 is 19.5 Å². The molecule has 1 aromatic heterocycles. The second-order valence-electron chi connectivity index (χ2n) is 7.57. The highest BCUT2D eigenvalue weighted by molar-refractivity contribution is 6.02. The predicted molar refractivity (Wildman–Crippen MR) is 87.3 cm³/mol. The van der Waals surface area contributed by atoms with Gasteiger partial charge in [0.1, 0.15) is 11.1 Å². The smallest absolute Gasteiger partial charge is 0.329 e. The number of hydrogen-bond donors (Lipinski definition) is 2. The zero-order chi connectivity index (χ0) is 18.4. The molecule has 1 aliphatic carbocycles. The van der Waals surface area contributed by atoms with Crippen LogP contribution in [0.2, 0.25) is 0 Å². The summed E-state index contributed by atoms with van der Waals surface area (Å²) in [5.41, 5.74) is -1.71. The molecule has 1 heterocycles. The fraction of sp³-hybridized carbons (Fsp3) is 0.529. The number of aromatic nitrogens is 1. The Labute approximate surface area is 139 Å². The molecule has 130 valence electrons. The molecule has 0 spiro atoms. The largest absolute Gasteiger partial charge is 0.480 e. The van der Waals surface area contributed by atoms with Crippen LogP contribution in [0.4, 0.5) is 0 Å². The quantitative estimate of drug-likeness (QED) is 0.870. The highest BCUT2D eigenvalue weighted by atomic mass is 16.4. The number of aliphatic carboxylic acids is 1. The number of carbonyl (C=O) groups is 3. The number of likely N-dealkylation sites (N-methyl/N-ethyl adjacent to an activating group) is 1. The minimum absolute atomic E-state index is 0.133. The molecule has 1 aliphatic rings. The summed E-state index contributed by atoms with van der Waals surface area (Å²) in [6.07, 6.45) is 0.865. The van der Waals surface area contributed by atoms with E-state index >= 15 is 0 Å². The van der Waals surface area contributed by atoms with Crippen molar-refractivity contribution in [2.75, 3.05) is 7.05 Å². The fourth-order valence-corrected chi connectivity index (χ4v) is 2.76. The number of Topliss-reactive ketones (excluding diaryl/α,β-unsaturated/α-hetero) is 1. The van der Waals surface area contributed by atoms with Crippen LogP contribution < -0.4 is 5.56 Å². The normalized spacial score (nSPS) is 16.5. The summed E-state index contributed by atoms with van der Waals surface area (Å²) in [6.45, 7) is 6.61. The Morgan fingerprint density at radius 3 is 2.38 bits per heavy atom. The first-order valence-electron chi connectivity index (χ1n) is 7.68. The molecule has 2 rings (SSSR count). The zero-order valence-electron chi connectivity index (χ0n) is 14.5. The molecule has 7 heteroatoms. The van der Waals surface area contributed by atoms with Crippen molar-refractivity contribution in [3.63, 3.8) is 0 Å². The van der Waals surface area contributed by atoms with Crippen molar-refractivity contribution in [1.29, 1.82) is 0 Å². The Hall–Kier alpha value is -2.44. The molecule has 0 unspecified atom stereocenters. The van der Waals surface area contributed by atoms with Crippen molar-refractivity contribution >= 4 is 17.7 Å². The molecule has 7 nitrogen and oxygen atoms in total. The van der Waals surface area contributed by atoms with Crippen LogP contribution in [-0.2, 0) is 11.2 Å². The summed E-state index contributed by atoms with van der Waals surface area (Å²) >= 11 is 0. The van der Waals surface area contributed by atoms with Gasteiger partial charge in [-0.05, 0) is 31.7 Å². The number of rotatable bonds is 3. The minimum Gasteiger partial charge on any atom is -0.480 e. The van der Waals surface area contributed by atoms with Crippen LogP contribution in [0, 0.1) is 5.41 Å². The third-order valence-electron chi connectivity index (χ3n) is 4.61. The van der Waals surface area contributed by atoms with Gasteiger partial charge in [-0.25, -0.2) is 4.79 Å². The van der Waals surface area contributed by atoms with Crippen LogP contribution in [0.5, 0.6) is 0 Å². The summed E-state index contributed by atoms with van der Waals surface area (Å²) in [6, 6.07) is 1.29. The first kappa shape index (κ1) is 17.9.